The number of esters is 1. The summed E-state index contributed by atoms with van der Waals surface area (Å²) in [5.74, 6) is 1.02. The molecule has 1 saturated carbocycles. The summed E-state index contributed by atoms with van der Waals surface area (Å²) in [7, 11) is 0. The minimum Gasteiger partial charge on any atom is -0.465 e. The van der Waals surface area contributed by atoms with E-state index in [-0.39, 0.29) is 11.9 Å². The average Bonchev–Trinajstić information content (AvgIpc) is 3.23. The van der Waals surface area contributed by atoms with Crippen molar-refractivity contribution in [2.24, 2.45) is 0 Å². The maximum absolute atomic E-state index is 11.1. The Balaban J connectivity index is 0.000000132. The predicted molar refractivity (Wildman–Crippen MR) is 123 cm³/mol. The van der Waals surface area contributed by atoms with Crippen LogP contribution < -0.4 is 0 Å². The second kappa shape index (κ2) is 8.35. The Morgan fingerprint density at radius 3 is 1.58 bits per heavy atom. The molecule has 4 aromatic carbocycles. The monoisotopic (exact) mass is 408 g/mol. The lowest BCUT2D eigenvalue weighted by Gasteiger charge is -2.24. The highest BCUT2D eigenvalue weighted by atomic mass is 16.5. The van der Waals surface area contributed by atoms with E-state index in [9.17, 15) is 9.59 Å². The first-order chi connectivity index (χ1) is 15.2. The standard InChI is InChI=1S/C14H12O2.C14H12O/c15-14-8-13(9-16-14)12-6-5-10-3-1-2-4-11(10)7-12;15-14-8-13(9-14)12-6-5-10-3-1-2-4-11(10)7-12/h1-7,13H,8-9H2;1-7,13H,8-9H2. The van der Waals surface area contributed by atoms with Gasteiger partial charge < -0.3 is 4.74 Å². The molecule has 6 rings (SSSR count). The van der Waals surface area contributed by atoms with Crippen molar-refractivity contribution in [1.82, 2.24) is 0 Å². The number of hydrogen-bond donors (Lipinski definition) is 0. The van der Waals surface area contributed by atoms with Gasteiger partial charge in [0.05, 0.1) is 13.0 Å². The molecule has 1 heterocycles. The molecule has 1 aliphatic heterocycles. The second-order valence-electron chi connectivity index (χ2n) is 8.44. The molecule has 0 bridgehead atoms. The number of carbonyl (C=O) groups is 2. The fourth-order valence-electron chi connectivity index (χ4n) is 4.38. The van der Waals surface area contributed by atoms with E-state index in [4.69, 9.17) is 4.74 Å². The molecule has 1 unspecified atom stereocenters. The molecule has 0 spiro atoms. The van der Waals surface area contributed by atoms with Crippen LogP contribution in [0.3, 0.4) is 0 Å². The lowest BCUT2D eigenvalue weighted by atomic mass is 9.78. The molecule has 0 radical (unpaired) electrons. The van der Waals surface area contributed by atoms with E-state index < -0.39 is 0 Å². The van der Waals surface area contributed by atoms with Crippen LogP contribution in [0.5, 0.6) is 0 Å². The number of Topliss-reactive ketones (excluding diaryl/α,β-unsaturated/α-hetero) is 1. The number of carbonyl (C=O) groups excluding carboxylic acids is 2. The van der Waals surface area contributed by atoms with Crippen LogP contribution in [-0.2, 0) is 14.3 Å². The highest BCUT2D eigenvalue weighted by Crippen LogP contribution is 2.34. The van der Waals surface area contributed by atoms with Crippen molar-refractivity contribution in [3.8, 4) is 0 Å². The highest BCUT2D eigenvalue weighted by Gasteiger charge is 2.27. The number of rotatable bonds is 2. The molecule has 31 heavy (non-hydrogen) atoms. The zero-order chi connectivity index (χ0) is 21.2. The van der Waals surface area contributed by atoms with Gasteiger partial charge in [0.1, 0.15) is 5.78 Å². The number of hydrogen-bond acceptors (Lipinski definition) is 3. The van der Waals surface area contributed by atoms with Gasteiger partial charge in [0.25, 0.3) is 0 Å². The Hall–Kier alpha value is -3.46. The van der Waals surface area contributed by atoms with Crippen LogP contribution in [0.2, 0.25) is 0 Å². The largest absolute Gasteiger partial charge is 0.465 e. The van der Waals surface area contributed by atoms with Gasteiger partial charge in [-0.25, -0.2) is 0 Å². The lowest BCUT2D eigenvalue weighted by Crippen LogP contribution is -2.20. The first-order valence-corrected chi connectivity index (χ1v) is 10.8. The number of fused-ring (bicyclic) bond motifs is 2. The number of ether oxygens (including phenoxy) is 1. The minimum absolute atomic E-state index is 0.0850. The predicted octanol–water partition coefficient (Wildman–Crippen LogP) is 6.16. The Morgan fingerprint density at radius 1 is 0.581 bits per heavy atom. The van der Waals surface area contributed by atoms with Crippen LogP contribution in [0.25, 0.3) is 21.5 Å². The maximum Gasteiger partial charge on any atom is 0.306 e. The fourth-order valence-corrected chi connectivity index (χ4v) is 4.38. The third kappa shape index (κ3) is 4.22. The molecule has 1 atom stereocenters. The van der Waals surface area contributed by atoms with Crippen LogP contribution in [-0.4, -0.2) is 18.4 Å². The fraction of sp³-hybridized carbons (Fsp3) is 0.214. The molecule has 3 heteroatoms. The van der Waals surface area contributed by atoms with Gasteiger partial charge in [-0.1, -0.05) is 84.9 Å². The van der Waals surface area contributed by atoms with E-state index >= 15 is 0 Å². The molecule has 1 aliphatic carbocycles. The summed E-state index contributed by atoms with van der Waals surface area (Å²) in [6, 6.07) is 29.5. The summed E-state index contributed by atoms with van der Waals surface area (Å²) in [6.45, 7) is 0.525. The Morgan fingerprint density at radius 2 is 1.10 bits per heavy atom. The first kappa shape index (κ1) is 19.5. The molecule has 0 aromatic heterocycles. The summed E-state index contributed by atoms with van der Waals surface area (Å²) < 4.78 is 4.99. The summed E-state index contributed by atoms with van der Waals surface area (Å²) >= 11 is 0. The Kier molecular flexibility index (Phi) is 5.25. The Bertz CT molecular complexity index is 1270. The van der Waals surface area contributed by atoms with Crippen molar-refractivity contribution in [1.29, 1.82) is 0 Å². The smallest absolute Gasteiger partial charge is 0.306 e. The normalized spacial score (nSPS) is 18.4. The summed E-state index contributed by atoms with van der Waals surface area (Å²) in [4.78, 5) is 22.0. The van der Waals surface area contributed by atoms with Crippen molar-refractivity contribution in [2.45, 2.75) is 31.1 Å². The van der Waals surface area contributed by atoms with E-state index in [1.807, 2.05) is 12.1 Å². The molecule has 3 nitrogen and oxygen atoms in total. The SMILES string of the molecule is O=C1CC(c2ccc3ccccc3c2)C1.O=C1CC(c2ccc3ccccc3c2)CO1. The van der Waals surface area contributed by atoms with Gasteiger partial charge in [-0.2, -0.15) is 0 Å². The van der Waals surface area contributed by atoms with Gasteiger partial charge in [0.15, 0.2) is 0 Å². The Labute approximate surface area is 181 Å². The van der Waals surface area contributed by atoms with E-state index in [0.29, 0.717) is 24.7 Å². The second-order valence-corrected chi connectivity index (χ2v) is 8.44. The van der Waals surface area contributed by atoms with Crippen LogP contribution in [0.15, 0.2) is 84.9 Å². The minimum atomic E-state index is -0.0850. The van der Waals surface area contributed by atoms with Crippen molar-refractivity contribution in [3.05, 3.63) is 96.1 Å². The molecule has 0 amide bonds. The summed E-state index contributed by atoms with van der Waals surface area (Å²) in [5, 5.41) is 5.00. The molecular weight excluding hydrogens is 384 g/mol. The molecular formula is C28H24O3. The van der Waals surface area contributed by atoms with Crippen LogP contribution in [0.1, 0.15) is 42.2 Å². The number of benzene rings is 4. The molecule has 1 saturated heterocycles. The van der Waals surface area contributed by atoms with Crippen LogP contribution in [0, 0.1) is 0 Å². The van der Waals surface area contributed by atoms with Crippen molar-refractivity contribution >= 4 is 33.3 Å². The zero-order valence-electron chi connectivity index (χ0n) is 17.3. The van der Waals surface area contributed by atoms with Crippen molar-refractivity contribution in [2.75, 3.05) is 6.61 Å². The maximum atomic E-state index is 11.1. The van der Waals surface area contributed by atoms with E-state index in [0.717, 1.165) is 12.8 Å². The molecule has 154 valence electrons. The van der Waals surface area contributed by atoms with Crippen molar-refractivity contribution in [3.63, 3.8) is 0 Å². The summed E-state index contributed by atoms with van der Waals surface area (Å²) in [5.41, 5.74) is 2.51. The molecule has 2 fully saturated rings. The lowest BCUT2D eigenvalue weighted by molar-refractivity contribution is -0.138. The van der Waals surface area contributed by atoms with Gasteiger partial charge in [-0.05, 0) is 38.6 Å². The van der Waals surface area contributed by atoms with Gasteiger partial charge in [0.2, 0.25) is 0 Å². The molecule has 2 aliphatic rings. The molecule has 0 N–H and O–H groups in total. The highest BCUT2D eigenvalue weighted by molar-refractivity contribution is 5.88. The van der Waals surface area contributed by atoms with E-state index in [1.54, 1.807) is 0 Å². The quantitative estimate of drug-likeness (QED) is 0.373. The van der Waals surface area contributed by atoms with Crippen LogP contribution >= 0.6 is 0 Å². The van der Waals surface area contributed by atoms with Gasteiger partial charge in [-0.3, -0.25) is 9.59 Å². The first-order valence-electron chi connectivity index (χ1n) is 10.8. The zero-order valence-corrected chi connectivity index (χ0v) is 17.3. The van der Waals surface area contributed by atoms with Gasteiger partial charge in [0, 0.05) is 18.8 Å². The average molecular weight is 408 g/mol. The van der Waals surface area contributed by atoms with Crippen LogP contribution in [0.4, 0.5) is 0 Å². The topological polar surface area (TPSA) is 43.4 Å². The third-order valence-corrected chi connectivity index (χ3v) is 6.30. The molecule has 4 aromatic rings. The summed E-state index contributed by atoms with van der Waals surface area (Å²) in [6.07, 6.45) is 1.98. The number of cyclic esters (lactones) is 1. The van der Waals surface area contributed by atoms with Gasteiger partial charge >= 0.3 is 5.97 Å². The number of ketones is 1. The van der Waals surface area contributed by atoms with E-state index in [2.05, 4.69) is 72.8 Å². The third-order valence-electron chi connectivity index (χ3n) is 6.30. The van der Waals surface area contributed by atoms with Gasteiger partial charge in [-0.15, -0.1) is 0 Å². The van der Waals surface area contributed by atoms with E-state index in [1.165, 1.54) is 32.7 Å². The van der Waals surface area contributed by atoms with Crippen molar-refractivity contribution < 1.29 is 14.3 Å².